The number of thiophene rings is 1. The molecule has 0 unspecified atom stereocenters. The Bertz CT molecular complexity index is 1030. The van der Waals surface area contributed by atoms with E-state index < -0.39 is 10.0 Å². The van der Waals surface area contributed by atoms with Crippen LogP contribution in [0.2, 0.25) is 0 Å². The molecule has 3 aromatic rings. The Morgan fingerprint density at radius 1 is 1.04 bits per heavy atom. The number of piperazine rings is 1. The van der Waals surface area contributed by atoms with E-state index in [-0.39, 0.29) is 0 Å². The second-order valence-corrected chi connectivity index (χ2v) is 11.0. The van der Waals surface area contributed by atoms with E-state index >= 15 is 0 Å². The standard InChI is InChI=1S/C18H19BrN4O3S2/c19-15-6-7-17(27-15)28(24,25)23-12-10-22(11-13-23)9-8-16-20-21-18(26-16)14-4-2-1-3-5-14/h1-7H,8-13H2. The van der Waals surface area contributed by atoms with Crippen LogP contribution in [0.3, 0.4) is 0 Å². The lowest BCUT2D eigenvalue weighted by molar-refractivity contribution is 0.187. The number of nitrogens with zero attached hydrogens (tertiary/aromatic N) is 4. The summed E-state index contributed by atoms with van der Waals surface area (Å²) in [5.74, 6) is 1.12. The Hall–Kier alpha value is -1.59. The molecule has 0 spiro atoms. The molecule has 0 amide bonds. The van der Waals surface area contributed by atoms with Gasteiger partial charge in [0.2, 0.25) is 11.8 Å². The van der Waals surface area contributed by atoms with Crippen LogP contribution in [0.5, 0.6) is 0 Å². The van der Waals surface area contributed by atoms with Crippen LogP contribution >= 0.6 is 27.3 Å². The van der Waals surface area contributed by atoms with E-state index in [1.165, 1.54) is 11.3 Å². The molecule has 0 saturated carbocycles. The average molecular weight is 483 g/mol. The normalized spacial score (nSPS) is 16.5. The Balaban J connectivity index is 1.30. The van der Waals surface area contributed by atoms with Crippen molar-refractivity contribution in [1.82, 2.24) is 19.4 Å². The maximum Gasteiger partial charge on any atom is 0.252 e. The van der Waals surface area contributed by atoms with Gasteiger partial charge in [-0.2, -0.15) is 4.31 Å². The number of halogens is 1. The highest BCUT2D eigenvalue weighted by Crippen LogP contribution is 2.29. The molecule has 1 aliphatic rings. The first-order chi connectivity index (χ1) is 13.5. The topological polar surface area (TPSA) is 79.5 Å². The van der Waals surface area contributed by atoms with Gasteiger partial charge in [0.1, 0.15) is 4.21 Å². The minimum Gasteiger partial charge on any atom is -0.421 e. The molecule has 10 heteroatoms. The lowest BCUT2D eigenvalue weighted by Gasteiger charge is -2.33. The first-order valence-electron chi connectivity index (χ1n) is 8.88. The number of benzene rings is 1. The molecule has 0 aliphatic carbocycles. The van der Waals surface area contributed by atoms with Crippen molar-refractivity contribution in [3.8, 4) is 11.5 Å². The molecule has 148 valence electrons. The van der Waals surface area contributed by atoms with E-state index in [9.17, 15) is 8.42 Å². The van der Waals surface area contributed by atoms with E-state index in [1.54, 1.807) is 16.4 Å². The molecule has 0 radical (unpaired) electrons. The molecular weight excluding hydrogens is 464 g/mol. The molecule has 1 fully saturated rings. The van der Waals surface area contributed by atoms with Crippen LogP contribution in [0.15, 0.2) is 54.9 Å². The summed E-state index contributed by atoms with van der Waals surface area (Å²) in [5.41, 5.74) is 0.903. The lowest BCUT2D eigenvalue weighted by Crippen LogP contribution is -2.48. The number of rotatable bonds is 6. The van der Waals surface area contributed by atoms with Crippen molar-refractivity contribution in [3.63, 3.8) is 0 Å². The number of hydrogen-bond donors (Lipinski definition) is 0. The van der Waals surface area contributed by atoms with E-state index in [0.29, 0.717) is 48.6 Å². The van der Waals surface area contributed by atoms with Crippen LogP contribution in [0.25, 0.3) is 11.5 Å². The zero-order valence-electron chi connectivity index (χ0n) is 15.0. The van der Waals surface area contributed by atoms with Gasteiger partial charge in [-0.25, -0.2) is 8.42 Å². The fraction of sp³-hybridized carbons (Fsp3) is 0.333. The quantitative estimate of drug-likeness (QED) is 0.536. The van der Waals surface area contributed by atoms with Crippen molar-refractivity contribution in [2.24, 2.45) is 0 Å². The van der Waals surface area contributed by atoms with Gasteiger partial charge in [-0.1, -0.05) is 18.2 Å². The highest BCUT2D eigenvalue weighted by atomic mass is 79.9. The van der Waals surface area contributed by atoms with Crippen molar-refractivity contribution in [2.45, 2.75) is 10.6 Å². The molecule has 1 saturated heterocycles. The van der Waals surface area contributed by atoms with Gasteiger partial charge in [0.15, 0.2) is 0 Å². The summed E-state index contributed by atoms with van der Waals surface area (Å²) in [6.07, 6.45) is 0.643. The summed E-state index contributed by atoms with van der Waals surface area (Å²) < 4.78 is 33.9. The van der Waals surface area contributed by atoms with Crippen molar-refractivity contribution in [3.05, 3.63) is 52.1 Å². The van der Waals surface area contributed by atoms with Gasteiger partial charge in [-0.3, -0.25) is 0 Å². The maximum atomic E-state index is 12.7. The van der Waals surface area contributed by atoms with Crippen LogP contribution in [0.1, 0.15) is 5.89 Å². The molecule has 3 heterocycles. The fourth-order valence-corrected chi connectivity index (χ4v) is 6.65. The molecule has 2 aromatic heterocycles. The number of aromatic nitrogens is 2. The molecule has 0 atom stereocenters. The Morgan fingerprint density at radius 2 is 1.79 bits per heavy atom. The lowest BCUT2D eigenvalue weighted by atomic mass is 10.2. The van der Waals surface area contributed by atoms with E-state index in [0.717, 1.165) is 15.9 Å². The number of sulfonamides is 1. The SMILES string of the molecule is O=S(=O)(c1ccc(Br)s1)N1CCN(CCc2nnc(-c3ccccc3)o2)CC1. The Morgan fingerprint density at radius 3 is 2.46 bits per heavy atom. The van der Waals surface area contributed by atoms with Crippen LogP contribution in [0.4, 0.5) is 0 Å². The monoisotopic (exact) mass is 482 g/mol. The zero-order chi connectivity index (χ0) is 19.6. The predicted molar refractivity (Wildman–Crippen MR) is 111 cm³/mol. The Labute approximate surface area is 176 Å². The van der Waals surface area contributed by atoms with Gasteiger partial charge in [0, 0.05) is 44.7 Å². The average Bonchev–Trinajstić information content (AvgIpc) is 3.37. The van der Waals surface area contributed by atoms with Gasteiger partial charge in [-0.15, -0.1) is 21.5 Å². The van der Waals surface area contributed by atoms with E-state index in [2.05, 4.69) is 31.0 Å². The van der Waals surface area contributed by atoms with Crippen LogP contribution in [0, 0.1) is 0 Å². The second-order valence-electron chi connectivity index (χ2n) is 6.42. The largest absolute Gasteiger partial charge is 0.421 e. The van der Waals surface area contributed by atoms with Crippen molar-refractivity contribution in [1.29, 1.82) is 0 Å². The molecule has 28 heavy (non-hydrogen) atoms. The first kappa shape index (κ1) is 19.7. The molecule has 1 aliphatic heterocycles. The molecule has 1 aromatic carbocycles. The van der Waals surface area contributed by atoms with Gasteiger partial charge in [0.25, 0.3) is 10.0 Å². The van der Waals surface area contributed by atoms with Gasteiger partial charge >= 0.3 is 0 Å². The van der Waals surface area contributed by atoms with Crippen molar-refractivity contribution < 1.29 is 12.8 Å². The minimum atomic E-state index is -3.40. The minimum absolute atomic E-state index is 0.382. The molecular formula is C18H19BrN4O3S2. The second kappa shape index (κ2) is 8.42. The fourth-order valence-electron chi connectivity index (χ4n) is 3.06. The molecule has 7 nitrogen and oxygen atoms in total. The molecule has 0 bridgehead atoms. The summed E-state index contributed by atoms with van der Waals surface area (Å²) in [4.78, 5) is 2.22. The highest BCUT2D eigenvalue weighted by Gasteiger charge is 2.29. The third-order valence-corrected chi connectivity index (χ3v) is 8.59. The van der Waals surface area contributed by atoms with E-state index in [1.807, 2.05) is 30.3 Å². The number of hydrogen-bond acceptors (Lipinski definition) is 7. The van der Waals surface area contributed by atoms with Crippen molar-refractivity contribution in [2.75, 3.05) is 32.7 Å². The molecule has 0 N–H and O–H groups in total. The Kier molecular flexibility index (Phi) is 5.93. The van der Waals surface area contributed by atoms with Crippen LogP contribution < -0.4 is 0 Å². The van der Waals surface area contributed by atoms with Crippen LogP contribution in [-0.2, 0) is 16.4 Å². The molecule has 4 rings (SSSR count). The third-order valence-electron chi connectivity index (χ3n) is 4.60. The third kappa shape index (κ3) is 4.36. The zero-order valence-corrected chi connectivity index (χ0v) is 18.2. The van der Waals surface area contributed by atoms with Gasteiger partial charge in [-0.05, 0) is 40.2 Å². The summed E-state index contributed by atoms with van der Waals surface area (Å²) in [7, 11) is -3.40. The highest BCUT2D eigenvalue weighted by molar-refractivity contribution is 9.11. The van der Waals surface area contributed by atoms with Gasteiger partial charge in [0.05, 0.1) is 3.79 Å². The van der Waals surface area contributed by atoms with E-state index in [4.69, 9.17) is 4.42 Å². The summed E-state index contributed by atoms with van der Waals surface area (Å²) in [5, 5.41) is 8.23. The first-order valence-corrected chi connectivity index (χ1v) is 11.9. The summed E-state index contributed by atoms with van der Waals surface area (Å²) >= 11 is 4.57. The van der Waals surface area contributed by atoms with Crippen molar-refractivity contribution >= 4 is 37.3 Å². The summed E-state index contributed by atoms with van der Waals surface area (Å²) in [6, 6.07) is 13.1. The maximum absolute atomic E-state index is 12.7. The summed E-state index contributed by atoms with van der Waals surface area (Å²) in [6.45, 7) is 3.10. The predicted octanol–water partition coefficient (Wildman–Crippen LogP) is 3.11. The van der Waals surface area contributed by atoms with Crippen LogP contribution in [-0.4, -0.2) is 60.5 Å². The smallest absolute Gasteiger partial charge is 0.252 e. The van der Waals surface area contributed by atoms with Gasteiger partial charge < -0.3 is 9.32 Å².